The molecule has 1 aliphatic heterocycles. The Labute approximate surface area is 169 Å². The number of hydrogen-bond acceptors (Lipinski definition) is 4. The van der Waals surface area contributed by atoms with Crippen LogP contribution in [0.4, 0.5) is 0 Å². The fourth-order valence-corrected chi connectivity index (χ4v) is 3.85. The summed E-state index contributed by atoms with van der Waals surface area (Å²) < 4.78 is 0. The predicted octanol–water partition coefficient (Wildman–Crippen LogP) is 1.87. The summed E-state index contributed by atoms with van der Waals surface area (Å²) >= 11 is 0. The van der Waals surface area contributed by atoms with E-state index in [-0.39, 0.29) is 36.6 Å². The van der Waals surface area contributed by atoms with Crippen LogP contribution in [0.2, 0.25) is 0 Å². The van der Waals surface area contributed by atoms with Crippen molar-refractivity contribution >= 4 is 17.8 Å². The van der Waals surface area contributed by atoms with E-state index in [0.29, 0.717) is 0 Å². The van der Waals surface area contributed by atoms with Gasteiger partial charge in [0.15, 0.2) is 5.96 Å². The average Bonchev–Trinajstić information content (AvgIpc) is 3.49. The molecule has 1 saturated heterocycles. The van der Waals surface area contributed by atoms with E-state index in [2.05, 4.69) is 10.6 Å². The SMILES string of the molecule is CC1(CNC(=O)C2(c3ccccc3)CC2)NC(=N)N(Cc2cccc(O)c2)C1=O. The minimum atomic E-state index is -1.09. The molecule has 1 unspecified atom stereocenters. The molecule has 0 aromatic heterocycles. The van der Waals surface area contributed by atoms with Gasteiger partial charge in [-0.15, -0.1) is 0 Å². The summed E-state index contributed by atoms with van der Waals surface area (Å²) in [6.45, 7) is 1.96. The van der Waals surface area contributed by atoms with Crippen LogP contribution in [0.25, 0.3) is 0 Å². The van der Waals surface area contributed by atoms with E-state index < -0.39 is 11.0 Å². The summed E-state index contributed by atoms with van der Waals surface area (Å²) in [6, 6.07) is 16.3. The summed E-state index contributed by atoms with van der Waals surface area (Å²) in [7, 11) is 0. The number of carbonyl (C=O) groups is 2. The fourth-order valence-electron chi connectivity index (χ4n) is 3.85. The molecule has 4 rings (SSSR count). The van der Waals surface area contributed by atoms with Crippen LogP contribution in [-0.2, 0) is 21.5 Å². The minimum Gasteiger partial charge on any atom is -0.508 e. The lowest BCUT2D eigenvalue weighted by Crippen LogP contribution is -2.54. The Morgan fingerprint density at radius 1 is 1.21 bits per heavy atom. The number of guanidine groups is 1. The lowest BCUT2D eigenvalue weighted by Gasteiger charge is -2.24. The maximum Gasteiger partial charge on any atom is 0.256 e. The van der Waals surface area contributed by atoms with Crippen LogP contribution in [0, 0.1) is 5.41 Å². The summed E-state index contributed by atoms with van der Waals surface area (Å²) in [4.78, 5) is 27.2. The van der Waals surface area contributed by atoms with E-state index in [0.717, 1.165) is 24.0 Å². The first kappa shape index (κ1) is 19.0. The Balaban J connectivity index is 1.43. The molecular formula is C22H24N4O3. The second-order valence-corrected chi connectivity index (χ2v) is 8.00. The number of amides is 2. The van der Waals surface area contributed by atoms with Gasteiger partial charge in [-0.05, 0) is 43.0 Å². The number of aromatic hydroxyl groups is 1. The molecule has 1 heterocycles. The molecule has 2 aromatic rings. The van der Waals surface area contributed by atoms with Crippen LogP contribution in [0.1, 0.15) is 30.9 Å². The molecule has 2 amide bonds. The van der Waals surface area contributed by atoms with E-state index >= 15 is 0 Å². The number of rotatable bonds is 6. The number of nitrogens with zero attached hydrogens (tertiary/aromatic N) is 1. The third kappa shape index (κ3) is 3.44. The normalized spacial score (nSPS) is 22.3. The van der Waals surface area contributed by atoms with Gasteiger partial charge in [0.1, 0.15) is 11.3 Å². The van der Waals surface area contributed by atoms with Gasteiger partial charge in [0.2, 0.25) is 5.91 Å². The van der Waals surface area contributed by atoms with Crippen molar-refractivity contribution in [3.63, 3.8) is 0 Å². The van der Waals surface area contributed by atoms with Gasteiger partial charge in [0, 0.05) is 6.54 Å². The average molecular weight is 392 g/mol. The molecule has 2 aromatic carbocycles. The van der Waals surface area contributed by atoms with Crippen molar-refractivity contribution in [1.29, 1.82) is 5.41 Å². The molecule has 1 aliphatic carbocycles. The number of nitrogens with one attached hydrogen (secondary N) is 3. The molecular weight excluding hydrogens is 368 g/mol. The Morgan fingerprint density at radius 2 is 1.93 bits per heavy atom. The Bertz CT molecular complexity index is 971. The first-order valence-corrected chi connectivity index (χ1v) is 9.65. The highest BCUT2D eigenvalue weighted by Crippen LogP contribution is 2.48. The zero-order valence-corrected chi connectivity index (χ0v) is 16.2. The molecule has 150 valence electrons. The van der Waals surface area contributed by atoms with Crippen molar-refractivity contribution in [1.82, 2.24) is 15.5 Å². The Kier molecular flexibility index (Phi) is 4.53. The van der Waals surface area contributed by atoms with Gasteiger partial charge in [-0.3, -0.25) is 19.9 Å². The molecule has 1 atom stereocenters. The van der Waals surface area contributed by atoms with Gasteiger partial charge in [0.25, 0.3) is 5.91 Å². The molecule has 0 radical (unpaired) electrons. The lowest BCUT2D eigenvalue weighted by molar-refractivity contribution is -0.131. The largest absolute Gasteiger partial charge is 0.508 e. The van der Waals surface area contributed by atoms with Crippen molar-refractivity contribution in [2.75, 3.05) is 6.54 Å². The standard InChI is InChI=1S/C22H24N4O3/c1-21(14-24-18(28)22(10-11-22)16-7-3-2-4-8-16)19(29)26(20(23)25-21)13-15-6-5-9-17(27)12-15/h2-9,12,27H,10-11,13-14H2,1H3,(H2,23,25)(H,24,28). The van der Waals surface area contributed by atoms with Gasteiger partial charge < -0.3 is 15.7 Å². The molecule has 2 aliphatic rings. The zero-order valence-electron chi connectivity index (χ0n) is 16.2. The maximum absolute atomic E-state index is 13.0. The van der Waals surface area contributed by atoms with Crippen LogP contribution >= 0.6 is 0 Å². The number of phenols is 1. The zero-order chi connectivity index (χ0) is 20.6. The predicted molar refractivity (Wildman–Crippen MR) is 108 cm³/mol. The third-order valence-electron chi connectivity index (χ3n) is 5.75. The number of phenolic OH excluding ortho intramolecular Hbond substituents is 1. The highest BCUT2D eigenvalue weighted by atomic mass is 16.3. The summed E-state index contributed by atoms with van der Waals surface area (Å²) in [6.07, 6.45) is 1.58. The molecule has 29 heavy (non-hydrogen) atoms. The molecule has 0 spiro atoms. The van der Waals surface area contributed by atoms with Gasteiger partial charge in [-0.2, -0.15) is 0 Å². The second-order valence-electron chi connectivity index (χ2n) is 8.00. The lowest BCUT2D eigenvalue weighted by atomic mass is 9.94. The van der Waals surface area contributed by atoms with Crippen molar-refractivity contribution in [2.24, 2.45) is 0 Å². The second kappa shape index (κ2) is 6.92. The van der Waals surface area contributed by atoms with Gasteiger partial charge in [-0.1, -0.05) is 42.5 Å². The topological polar surface area (TPSA) is 106 Å². The first-order valence-electron chi connectivity index (χ1n) is 9.65. The highest BCUT2D eigenvalue weighted by Gasteiger charge is 2.52. The molecule has 7 nitrogen and oxygen atoms in total. The third-order valence-corrected chi connectivity index (χ3v) is 5.75. The van der Waals surface area contributed by atoms with Crippen molar-refractivity contribution < 1.29 is 14.7 Å². The fraction of sp³-hybridized carbons (Fsp3) is 0.318. The summed E-state index contributed by atoms with van der Waals surface area (Å²) in [5, 5.41) is 23.6. The van der Waals surface area contributed by atoms with E-state index in [9.17, 15) is 14.7 Å². The molecule has 1 saturated carbocycles. The monoisotopic (exact) mass is 392 g/mol. The minimum absolute atomic E-state index is 0.0145. The van der Waals surface area contributed by atoms with Crippen molar-refractivity contribution in [2.45, 2.75) is 37.3 Å². The summed E-state index contributed by atoms with van der Waals surface area (Å²) in [5.74, 6) is -0.272. The van der Waals surface area contributed by atoms with E-state index in [1.807, 2.05) is 30.3 Å². The van der Waals surface area contributed by atoms with Crippen LogP contribution in [0.5, 0.6) is 5.75 Å². The van der Waals surface area contributed by atoms with Gasteiger partial charge in [-0.25, -0.2) is 0 Å². The number of benzene rings is 2. The Hall–Kier alpha value is -3.35. The van der Waals surface area contributed by atoms with E-state index in [4.69, 9.17) is 5.41 Å². The molecule has 7 heteroatoms. The summed E-state index contributed by atoms with van der Waals surface area (Å²) in [5.41, 5.74) is 0.121. The first-order chi connectivity index (χ1) is 13.8. The van der Waals surface area contributed by atoms with Gasteiger partial charge >= 0.3 is 0 Å². The smallest absolute Gasteiger partial charge is 0.256 e. The molecule has 4 N–H and O–H groups in total. The highest BCUT2D eigenvalue weighted by molar-refractivity contribution is 6.08. The maximum atomic E-state index is 13.0. The van der Waals surface area contributed by atoms with Crippen LogP contribution in [-0.4, -0.2) is 39.9 Å². The number of hydrogen-bond donors (Lipinski definition) is 4. The van der Waals surface area contributed by atoms with Gasteiger partial charge in [0.05, 0.1) is 12.0 Å². The van der Waals surface area contributed by atoms with E-state index in [1.54, 1.807) is 31.2 Å². The number of carbonyl (C=O) groups excluding carboxylic acids is 2. The van der Waals surface area contributed by atoms with Crippen LogP contribution in [0.15, 0.2) is 54.6 Å². The van der Waals surface area contributed by atoms with Crippen molar-refractivity contribution in [3.05, 3.63) is 65.7 Å². The molecule has 0 bridgehead atoms. The quantitative estimate of drug-likeness (QED) is 0.602. The Morgan fingerprint density at radius 3 is 2.59 bits per heavy atom. The van der Waals surface area contributed by atoms with Crippen LogP contribution < -0.4 is 10.6 Å². The van der Waals surface area contributed by atoms with Crippen LogP contribution in [0.3, 0.4) is 0 Å². The van der Waals surface area contributed by atoms with Crippen molar-refractivity contribution in [3.8, 4) is 5.75 Å². The van der Waals surface area contributed by atoms with E-state index in [1.165, 1.54) is 4.90 Å². The molecule has 2 fully saturated rings.